The molecule has 84 valence electrons. The van der Waals surface area contributed by atoms with E-state index in [1.807, 2.05) is 6.92 Å². The van der Waals surface area contributed by atoms with Gasteiger partial charge in [0.15, 0.2) is 17.4 Å². The first-order chi connectivity index (χ1) is 7.54. The van der Waals surface area contributed by atoms with Crippen LogP contribution in [0.3, 0.4) is 0 Å². The number of allylic oxidation sites excluding steroid dienone is 3. The second-order valence-electron chi connectivity index (χ2n) is 3.06. The Kier molecular flexibility index (Phi) is 3.94. The Morgan fingerprint density at radius 2 is 2.19 bits per heavy atom. The largest absolute Gasteiger partial charge is 0.433 e. The quantitative estimate of drug-likeness (QED) is 0.574. The fraction of sp³-hybridized carbons (Fsp3) is 0.0833. The van der Waals surface area contributed by atoms with E-state index in [9.17, 15) is 8.78 Å². The Balaban J connectivity index is 3.02. The molecule has 2 nitrogen and oxygen atoms in total. The minimum absolute atomic E-state index is 0.103. The van der Waals surface area contributed by atoms with E-state index in [1.165, 1.54) is 6.20 Å². The van der Waals surface area contributed by atoms with Crippen molar-refractivity contribution in [2.45, 2.75) is 6.92 Å². The molecule has 0 radical (unpaired) electrons. The number of rotatable bonds is 4. The lowest BCUT2D eigenvalue weighted by molar-refractivity contribution is 0.370. The number of hydrogen-bond donors (Lipinski definition) is 0. The molecular weight excluding hydrogens is 212 g/mol. The molecule has 0 aliphatic heterocycles. The highest BCUT2D eigenvalue weighted by atomic mass is 19.1. The van der Waals surface area contributed by atoms with Crippen molar-refractivity contribution < 1.29 is 13.5 Å². The predicted molar refractivity (Wildman–Crippen MR) is 58.2 cm³/mol. The topological polar surface area (TPSA) is 22.1 Å². The summed E-state index contributed by atoms with van der Waals surface area (Å²) in [5, 5.41) is 0. The second kappa shape index (κ2) is 5.21. The van der Waals surface area contributed by atoms with E-state index in [1.54, 1.807) is 12.1 Å². The summed E-state index contributed by atoms with van der Waals surface area (Å²) in [6.45, 7) is 7.97. The Hall–Kier alpha value is -1.97. The van der Waals surface area contributed by atoms with Crippen LogP contribution in [0.2, 0.25) is 0 Å². The van der Waals surface area contributed by atoms with Gasteiger partial charge in [0.2, 0.25) is 5.88 Å². The summed E-state index contributed by atoms with van der Waals surface area (Å²) in [4.78, 5) is 3.81. The molecule has 0 aliphatic carbocycles. The van der Waals surface area contributed by atoms with E-state index in [2.05, 4.69) is 18.1 Å². The van der Waals surface area contributed by atoms with Gasteiger partial charge < -0.3 is 4.74 Å². The minimum atomic E-state index is -1.01. The monoisotopic (exact) mass is 223 g/mol. The lowest BCUT2D eigenvalue weighted by atomic mass is 10.3. The predicted octanol–water partition coefficient (Wildman–Crippen LogP) is 3.62. The zero-order chi connectivity index (χ0) is 12.1. The number of ether oxygens (including phenoxy) is 1. The Labute approximate surface area is 92.6 Å². The molecule has 1 aromatic rings. The number of halogens is 2. The molecule has 0 saturated heterocycles. The van der Waals surface area contributed by atoms with Crippen molar-refractivity contribution in [3.05, 3.63) is 60.5 Å². The summed E-state index contributed by atoms with van der Waals surface area (Å²) >= 11 is 0. The zero-order valence-electron chi connectivity index (χ0n) is 8.84. The van der Waals surface area contributed by atoms with Gasteiger partial charge in [-0.3, -0.25) is 0 Å². The zero-order valence-corrected chi connectivity index (χ0v) is 8.84. The van der Waals surface area contributed by atoms with Gasteiger partial charge in [0.1, 0.15) is 0 Å². The number of aromatic nitrogens is 1. The van der Waals surface area contributed by atoms with E-state index in [0.717, 1.165) is 11.6 Å². The SMILES string of the molecule is C=C/C(F)=C(/Oc1cc(C)ccn1)C(=C)F. The van der Waals surface area contributed by atoms with Crippen LogP contribution >= 0.6 is 0 Å². The fourth-order valence-corrected chi connectivity index (χ4v) is 0.995. The molecule has 1 heterocycles. The normalized spacial score (nSPS) is 11.7. The second-order valence-corrected chi connectivity index (χ2v) is 3.06. The van der Waals surface area contributed by atoms with Crippen LogP contribution in [0.25, 0.3) is 0 Å². The molecule has 0 aromatic carbocycles. The van der Waals surface area contributed by atoms with Gasteiger partial charge >= 0.3 is 0 Å². The highest BCUT2D eigenvalue weighted by Gasteiger charge is 2.11. The van der Waals surface area contributed by atoms with Crippen LogP contribution in [-0.4, -0.2) is 4.98 Å². The summed E-state index contributed by atoms with van der Waals surface area (Å²) in [6.07, 6.45) is 2.32. The number of nitrogens with zero attached hydrogens (tertiary/aromatic N) is 1. The Morgan fingerprint density at radius 1 is 1.50 bits per heavy atom. The van der Waals surface area contributed by atoms with E-state index in [4.69, 9.17) is 4.74 Å². The first-order valence-corrected chi connectivity index (χ1v) is 4.52. The molecule has 0 unspecified atom stereocenters. The highest BCUT2D eigenvalue weighted by Crippen LogP contribution is 2.21. The van der Waals surface area contributed by atoms with Crippen molar-refractivity contribution in [2.75, 3.05) is 0 Å². The van der Waals surface area contributed by atoms with Gasteiger partial charge in [-0.2, -0.15) is 0 Å². The van der Waals surface area contributed by atoms with Crippen LogP contribution in [0, 0.1) is 6.92 Å². The maximum atomic E-state index is 13.1. The van der Waals surface area contributed by atoms with E-state index in [0.29, 0.717) is 0 Å². The smallest absolute Gasteiger partial charge is 0.219 e. The summed E-state index contributed by atoms with van der Waals surface area (Å²) in [7, 11) is 0. The Bertz CT molecular complexity index is 452. The van der Waals surface area contributed by atoms with Crippen molar-refractivity contribution in [1.29, 1.82) is 0 Å². The maximum Gasteiger partial charge on any atom is 0.219 e. The van der Waals surface area contributed by atoms with Gasteiger partial charge in [-0.25, -0.2) is 13.8 Å². The molecule has 0 fully saturated rings. The third-order valence-corrected chi connectivity index (χ3v) is 1.74. The van der Waals surface area contributed by atoms with Gasteiger partial charge in [-0.1, -0.05) is 13.2 Å². The van der Waals surface area contributed by atoms with Crippen molar-refractivity contribution in [3.63, 3.8) is 0 Å². The van der Waals surface area contributed by atoms with Gasteiger partial charge in [-0.05, 0) is 24.6 Å². The Morgan fingerprint density at radius 3 is 2.69 bits per heavy atom. The fourth-order valence-electron chi connectivity index (χ4n) is 0.995. The van der Waals surface area contributed by atoms with Gasteiger partial charge in [0.25, 0.3) is 0 Å². The van der Waals surface area contributed by atoms with Crippen LogP contribution in [0.1, 0.15) is 5.56 Å². The molecular formula is C12H11F2NO. The van der Waals surface area contributed by atoms with Crippen LogP contribution < -0.4 is 4.74 Å². The molecule has 0 saturated carbocycles. The average molecular weight is 223 g/mol. The lowest BCUT2D eigenvalue weighted by Gasteiger charge is -2.07. The lowest BCUT2D eigenvalue weighted by Crippen LogP contribution is -1.99. The summed E-state index contributed by atoms with van der Waals surface area (Å²) in [5.74, 6) is -2.43. The molecule has 0 bridgehead atoms. The summed E-state index contributed by atoms with van der Waals surface area (Å²) in [5.41, 5.74) is 0.868. The third-order valence-electron chi connectivity index (χ3n) is 1.74. The van der Waals surface area contributed by atoms with Crippen molar-refractivity contribution in [3.8, 4) is 5.88 Å². The van der Waals surface area contributed by atoms with E-state index >= 15 is 0 Å². The molecule has 0 amide bonds. The molecule has 0 N–H and O–H groups in total. The van der Waals surface area contributed by atoms with E-state index in [-0.39, 0.29) is 5.88 Å². The van der Waals surface area contributed by atoms with Crippen molar-refractivity contribution in [2.24, 2.45) is 0 Å². The number of pyridine rings is 1. The first-order valence-electron chi connectivity index (χ1n) is 4.52. The summed E-state index contributed by atoms with van der Waals surface area (Å²) in [6, 6.07) is 3.30. The van der Waals surface area contributed by atoms with Crippen LogP contribution in [-0.2, 0) is 0 Å². The van der Waals surface area contributed by atoms with Crippen LogP contribution in [0.15, 0.2) is 55.0 Å². The third kappa shape index (κ3) is 3.02. The molecule has 0 aliphatic rings. The minimum Gasteiger partial charge on any atom is -0.433 e. The van der Waals surface area contributed by atoms with Crippen LogP contribution in [0.5, 0.6) is 5.88 Å². The first kappa shape index (κ1) is 12.1. The number of hydrogen-bond acceptors (Lipinski definition) is 2. The number of aryl methyl sites for hydroxylation is 1. The van der Waals surface area contributed by atoms with Crippen molar-refractivity contribution in [1.82, 2.24) is 4.98 Å². The summed E-state index contributed by atoms with van der Waals surface area (Å²) < 4.78 is 31.0. The van der Waals surface area contributed by atoms with Crippen molar-refractivity contribution >= 4 is 0 Å². The average Bonchev–Trinajstić information content (AvgIpc) is 2.24. The highest BCUT2D eigenvalue weighted by molar-refractivity contribution is 5.30. The van der Waals surface area contributed by atoms with Gasteiger partial charge in [0.05, 0.1) is 0 Å². The standard InChI is InChI=1S/C12H11F2NO/c1-4-10(14)12(9(3)13)16-11-7-8(2)5-6-15-11/h4-7H,1,3H2,2H3/b12-10-. The maximum absolute atomic E-state index is 13.1. The van der Waals surface area contributed by atoms with E-state index < -0.39 is 17.4 Å². The van der Waals surface area contributed by atoms with Crippen LogP contribution in [0.4, 0.5) is 8.78 Å². The van der Waals surface area contributed by atoms with Gasteiger partial charge in [-0.15, -0.1) is 0 Å². The molecule has 1 aromatic heterocycles. The molecule has 4 heteroatoms. The molecule has 16 heavy (non-hydrogen) atoms. The van der Waals surface area contributed by atoms with Gasteiger partial charge in [0, 0.05) is 12.3 Å². The molecule has 0 atom stereocenters. The molecule has 0 spiro atoms. The molecule has 1 rings (SSSR count).